The first kappa shape index (κ1) is 33.4. The molecule has 9 nitrogen and oxygen atoms in total. The van der Waals surface area contributed by atoms with Gasteiger partial charge in [-0.1, -0.05) is 66.0 Å². The van der Waals surface area contributed by atoms with E-state index < -0.39 is 18.1 Å². The lowest BCUT2D eigenvalue weighted by atomic mass is 9.93. The number of alkyl halides is 1. The Balaban J connectivity index is 1.56. The summed E-state index contributed by atoms with van der Waals surface area (Å²) in [5.74, 6) is 0.785. The number of benzene rings is 3. The van der Waals surface area contributed by atoms with Crippen LogP contribution in [0, 0.1) is 32.1 Å². The van der Waals surface area contributed by atoms with Crippen molar-refractivity contribution in [2.75, 3.05) is 6.61 Å². The maximum atomic E-state index is 14.3. The van der Waals surface area contributed by atoms with Gasteiger partial charge in [-0.25, -0.2) is 17.4 Å². The second kappa shape index (κ2) is 12.8. The Hall–Kier alpha value is -3.51. The predicted molar refractivity (Wildman–Crippen MR) is 199 cm³/mol. The lowest BCUT2D eigenvalue weighted by molar-refractivity contribution is 0.0882. The lowest BCUT2D eigenvalue weighted by Crippen LogP contribution is -2.22. The molecular weight excluding hydrogens is 739 g/mol. The van der Waals surface area contributed by atoms with E-state index in [1.54, 1.807) is 18.3 Å². The van der Waals surface area contributed by atoms with Crippen molar-refractivity contribution >= 4 is 68.8 Å². The number of rotatable bonds is 10. The molecule has 0 spiro atoms. The first-order valence-corrected chi connectivity index (χ1v) is 22.1. The summed E-state index contributed by atoms with van der Waals surface area (Å²) < 4.78 is 38.1. The topological polar surface area (TPSA) is 114 Å². The summed E-state index contributed by atoms with van der Waals surface area (Å²) in [6.45, 7) is 14.0. The highest BCUT2D eigenvalue weighted by Gasteiger charge is 2.32. The maximum absolute atomic E-state index is 14.3. The average molecular weight is 779 g/mol. The quantitative estimate of drug-likeness (QED) is 0.0668. The van der Waals surface area contributed by atoms with Crippen molar-refractivity contribution in [1.82, 2.24) is 18.9 Å². The standard InChI is InChI=1S/C35H39IN6O3SSi/c1-22-7-10-26(11-8-22)46(43,44)42-20-27(28-13-14-38-40-28)32-31(23(2)17-24(3)34(32)42)33(36)35-39-29-18-25(19-37)9-12-30(29)41(35)21-45-15-16-47(4,5)6/h7-12,14,17-18,20,28,33,40H,13,15-16,21H2,1-6H3. The molecule has 0 fully saturated rings. The molecule has 5 aromatic rings. The van der Waals surface area contributed by atoms with E-state index >= 15 is 0 Å². The average Bonchev–Trinajstić information content (AvgIpc) is 3.76. The molecule has 3 aromatic carbocycles. The highest BCUT2D eigenvalue weighted by atomic mass is 127. The molecule has 0 amide bonds. The summed E-state index contributed by atoms with van der Waals surface area (Å²) in [5.41, 5.74) is 10.8. The van der Waals surface area contributed by atoms with Crippen molar-refractivity contribution in [2.45, 2.75) is 74.5 Å². The minimum Gasteiger partial charge on any atom is -0.361 e. The Morgan fingerprint density at radius 2 is 1.85 bits per heavy atom. The highest BCUT2D eigenvalue weighted by molar-refractivity contribution is 14.1. The molecular formula is C35H39IN6O3SSi. The van der Waals surface area contributed by atoms with E-state index in [0.717, 1.165) is 56.1 Å². The van der Waals surface area contributed by atoms with Gasteiger partial charge in [-0.15, -0.1) is 0 Å². The fourth-order valence-corrected chi connectivity index (χ4v) is 9.66. The number of hydrazone groups is 1. The van der Waals surface area contributed by atoms with Gasteiger partial charge in [-0.05, 0) is 73.8 Å². The van der Waals surface area contributed by atoms with Crippen molar-refractivity contribution in [3.05, 3.63) is 93.9 Å². The maximum Gasteiger partial charge on any atom is 0.268 e. The van der Waals surface area contributed by atoms with Gasteiger partial charge in [-0.3, -0.25) is 0 Å². The first-order valence-electron chi connectivity index (χ1n) is 15.7. The third-order valence-electron chi connectivity index (χ3n) is 8.72. The van der Waals surface area contributed by atoms with Crippen LogP contribution in [0.3, 0.4) is 0 Å². The summed E-state index contributed by atoms with van der Waals surface area (Å²) in [4.78, 5) is 5.34. The predicted octanol–water partition coefficient (Wildman–Crippen LogP) is 7.88. The number of imidazole rings is 1. The van der Waals surface area contributed by atoms with E-state index in [-0.39, 0.29) is 14.9 Å². The third-order valence-corrected chi connectivity index (χ3v) is 13.3. The molecule has 6 rings (SSSR count). The second-order valence-electron chi connectivity index (χ2n) is 13.5. The van der Waals surface area contributed by atoms with Gasteiger partial charge in [0.25, 0.3) is 10.0 Å². The Morgan fingerprint density at radius 1 is 1.11 bits per heavy atom. The Bertz CT molecular complexity index is 2170. The molecule has 2 atom stereocenters. The highest BCUT2D eigenvalue weighted by Crippen LogP contribution is 2.44. The fourth-order valence-electron chi connectivity index (χ4n) is 6.19. The monoisotopic (exact) mass is 778 g/mol. The Morgan fingerprint density at radius 3 is 2.51 bits per heavy atom. The summed E-state index contributed by atoms with van der Waals surface area (Å²) in [5, 5.41) is 14.8. The number of nitrogens with zero attached hydrogens (tertiary/aromatic N) is 5. The van der Waals surface area contributed by atoms with Crippen LogP contribution < -0.4 is 5.43 Å². The molecule has 0 saturated carbocycles. The molecule has 1 aliphatic rings. The number of nitriles is 1. The zero-order valence-electron chi connectivity index (χ0n) is 27.5. The van der Waals surface area contributed by atoms with Crippen LogP contribution in [0.4, 0.5) is 0 Å². The molecule has 2 unspecified atom stereocenters. The number of hydrogen-bond acceptors (Lipinski definition) is 7. The normalized spacial score (nSPS) is 15.7. The molecule has 0 bridgehead atoms. The van der Waals surface area contributed by atoms with Gasteiger partial charge in [0.05, 0.1) is 43.0 Å². The smallest absolute Gasteiger partial charge is 0.268 e. The van der Waals surface area contributed by atoms with Gasteiger partial charge in [0.1, 0.15) is 12.6 Å². The van der Waals surface area contributed by atoms with Gasteiger partial charge in [0, 0.05) is 44.5 Å². The van der Waals surface area contributed by atoms with E-state index in [0.29, 0.717) is 30.8 Å². The molecule has 0 saturated heterocycles. The van der Waals surface area contributed by atoms with Crippen molar-refractivity contribution in [3.8, 4) is 6.07 Å². The van der Waals surface area contributed by atoms with Crippen LogP contribution in [-0.2, 0) is 21.5 Å². The summed E-state index contributed by atoms with van der Waals surface area (Å²) >= 11 is 2.43. The number of nitrogens with one attached hydrogen (secondary N) is 1. The van der Waals surface area contributed by atoms with E-state index in [4.69, 9.17) is 9.72 Å². The second-order valence-corrected chi connectivity index (χ2v) is 22.2. The van der Waals surface area contributed by atoms with Gasteiger partial charge >= 0.3 is 0 Å². The molecule has 2 aromatic heterocycles. The summed E-state index contributed by atoms with van der Waals surface area (Å²) in [6.07, 6.45) is 4.24. The summed E-state index contributed by atoms with van der Waals surface area (Å²) in [6, 6.07) is 17.7. The molecule has 0 aliphatic carbocycles. The first-order chi connectivity index (χ1) is 22.3. The zero-order chi connectivity index (χ0) is 33.7. The van der Waals surface area contributed by atoms with Crippen LogP contribution >= 0.6 is 22.6 Å². The largest absolute Gasteiger partial charge is 0.361 e. The molecule has 3 heterocycles. The molecule has 47 heavy (non-hydrogen) atoms. The zero-order valence-corrected chi connectivity index (χ0v) is 31.5. The number of aromatic nitrogens is 3. The fraction of sp³-hybridized carbons (Fsp3) is 0.343. The third kappa shape index (κ3) is 6.38. The van der Waals surface area contributed by atoms with Crippen LogP contribution in [0.15, 0.2) is 64.7 Å². The van der Waals surface area contributed by atoms with E-state index in [9.17, 15) is 13.7 Å². The minimum absolute atomic E-state index is 0.183. The number of halogens is 1. The molecule has 12 heteroatoms. The number of aryl methyl sites for hydroxylation is 3. The number of fused-ring (bicyclic) bond motifs is 2. The van der Waals surface area contributed by atoms with Gasteiger partial charge < -0.3 is 14.7 Å². The minimum atomic E-state index is -3.92. The van der Waals surface area contributed by atoms with E-state index in [1.807, 2.05) is 50.4 Å². The van der Waals surface area contributed by atoms with Crippen molar-refractivity contribution in [3.63, 3.8) is 0 Å². The molecule has 0 radical (unpaired) electrons. The Kier molecular flexibility index (Phi) is 9.12. The summed E-state index contributed by atoms with van der Waals surface area (Å²) in [7, 11) is -5.21. The van der Waals surface area contributed by atoms with Gasteiger partial charge in [0.2, 0.25) is 0 Å². The van der Waals surface area contributed by atoms with Gasteiger partial charge in [0.15, 0.2) is 0 Å². The van der Waals surface area contributed by atoms with Crippen LogP contribution in [0.5, 0.6) is 0 Å². The SMILES string of the molecule is Cc1ccc(S(=O)(=O)n2cc(C3CC=NN3)c3c(C(I)c4nc5cc(C#N)ccc5n4COCC[Si](C)(C)C)c(C)cc(C)c32)cc1. The van der Waals surface area contributed by atoms with E-state index in [1.165, 1.54) is 3.97 Å². The Labute approximate surface area is 290 Å². The van der Waals surface area contributed by atoms with E-state index in [2.05, 4.69) is 76.4 Å². The number of hydrogen-bond donors (Lipinski definition) is 1. The molecule has 244 valence electrons. The van der Waals surface area contributed by atoms with Crippen LogP contribution in [0.2, 0.25) is 25.7 Å². The molecule has 1 aliphatic heterocycles. The van der Waals surface area contributed by atoms with Crippen molar-refractivity contribution < 1.29 is 13.2 Å². The lowest BCUT2D eigenvalue weighted by Gasteiger charge is -2.21. The van der Waals surface area contributed by atoms with Crippen LogP contribution in [-0.4, -0.2) is 42.8 Å². The van der Waals surface area contributed by atoms with Gasteiger partial charge in [-0.2, -0.15) is 10.4 Å². The van der Waals surface area contributed by atoms with Crippen molar-refractivity contribution in [1.29, 1.82) is 5.26 Å². The van der Waals surface area contributed by atoms with Crippen LogP contribution in [0.1, 0.15) is 55.6 Å². The van der Waals surface area contributed by atoms with Crippen molar-refractivity contribution in [2.24, 2.45) is 5.10 Å². The number of ether oxygens (including phenoxy) is 1. The molecule has 1 N–H and O–H groups in total. The van der Waals surface area contributed by atoms with Crippen LogP contribution in [0.25, 0.3) is 21.9 Å².